The molecule has 0 bridgehead atoms. The summed E-state index contributed by atoms with van der Waals surface area (Å²) in [5.74, 6) is -0.399. The molecule has 0 radical (unpaired) electrons. The number of aromatic nitrogens is 2. The van der Waals surface area contributed by atoms with Crippen molar-refractivity contribution in [2.45, 2.75) is 0 Å². The molecule has 0 aliphatic rings. The molecular weight excluding hydrogens is 264 g/mol. The van der Waals surface area contributed by atoms with E-state index >= 15 is 0 Å². The van der Waals surface area contributed by atoms with Gasteiger partial charge in [-0.2, -0.15) is 0 Å². The van der Waals surface area contributed by atoms with Gasteiger partial charge in [0.05, 0.1) is 5.52 Å². The van der Waals surface area contributed by atoms with Crippen LogP contribution in [0, 0.1) is 0 Å². The number of thiophene rings is 1. The molecule has 2 heterocycles. The summed E-state index contributed by atoms with van der Waals surface area (Å²) in [4.78, 5) is 19.3. The number of hydrogen-bond acceptors (Lipinski definition) is 5. The number of carboxylic acid groups (broad SMARTS) is 1. The summed E-state index contributed by atoms with van der Waals surface area (Å²) < 4.78 is 6.42. The Morgan fingerprint density at radius 2 is 2.05 bits per heavy atom. The number of aromatic carboxylic acids is 1. The van der Waals surface area contributed by atoms with Crippen LogP contribution in [0.3, 0.4) is 0 Å². The molecule has 2 aromatic heterocycles. The maximum absolute atomic E-state index is 11.1. The first kappa shape index (κ1) is 11.6. The van der Waals surface area contributed by atoms with Gasteiger partial charge in [0.2, 0.25) is 5.88 Å². The molecule has 0 saturated carbocycles. The fourth-order valence-corrected chi connectivity index (χ4v) is 2.45. The zero-order valence-electron chi connectivity index (χ0n) is 9.61. The zero-order valence-corrected chi connectivity index (χ0v) is 10.4. The zero-order chi connectivity index (χ0) is 13.2. The summed E-state index contributed by atoms with van der Waals surface area (Å²) in [6, 6.07) is 8.32. The Labute approximate surface area is 112 Å². The van der Waals surface area contributed by atoms with E-state index in [-0.39, 0.29) is 11.3 Å². The highest BCUT2D eigenvalue weighted by Gasteiger charge is 2.13. The van der Waals surface area contributed by atoms with Crippen molar-refractivity contribution in [1.29, 1.82) is 0 Å². The molecule has 3 rings (SSSR count). The third kappa shape index (κ3) is 2.13. The normalized spacial score (nSPS) is 10.5. The van der Waals surface area contributed by atoms with Gasteiger partial charge in [-0.1, -0.05) is 12.1 Å². The van der Waals surface area contributed by atoms with Crippen molar-refractivity contribution in [2.75, 3.05) is 0 Å². The van der Waals surface area contributed by atoms with Crippen LogP contribution in [0.4, 0.5) is 0 Å². The average molecular weight is 272 g/mol. The highest BCUT2D eigenvalue weighted by atomic mass is 32.1. The van der Waals surface area contributed by atoms with Gasteiger partial charge in [0.25, 0.3) is 0 Å². The molecule has 5 nitrogen and oxygen atoms in total. The van der Waals surface area contributed by atoms with E-state index in [1.807, 2.05) is 11.4 Å². The lowest BCUT2D eigenvalue weighted by atomic mass is 10.2. The van der Waals surface area contributed by atoms with E-state index in [1.165, 1.54) is 23.7 Å². The first-order valence-corrected chi connectivity index (χ1v) is 6.32. The molecule has 0 aliphatic carbocycles. The Kier molecular flexibility index (Phi) is 2.85. The van der Waals surface area contributed by atoms with Crippen LogP contribution in [0.25, 0.3) is 10.2 Å². The number of ether oxygens (including phenoxy) is 1. The first-order chi connectivity index (χ1) is 9.25. The van der Waals surface area contributed by atoms with Crippen LogP contribution in [0.1, 0.15) is 10.4 Å². The number of benzene rings is 1. The molecule has 94 valence electrons. The van der Waals surface area contributed by atoms with Crippen molar-refractivity contribution in [1.82, 2.24) is 9.97 Å². The molecule has 1 N–H and O–H groups in total. The first-order valence-electron chi connectivity index (χ1n) is 5.44. The number of carboxylic acids is 1. The van der Waals surface area contributed by atoms with Gasteiger partial charge in [-0.25, -0.2) is 14.8 Å². The Morgan fingerprint density at radius 3 is 2.89 bits per heavy atom. The van der Waals surface area contributed by atoms with Crippen molar-refractivity contribution >= 4 is 27.5 Å². The lowest BCUT2D eigenvalue weighted by Crippen LogP contribution is -2.00. The third-order valence-electron chi connectivity index (χ3n) is 2.53. The lowest BCUT2D eigenvalue weighted by Gasteiger charge is -2.07. The molecule has 1 aromatic carbocycles. The predicted molar refractivity (Wildman–Crippen MR) is 70.9 cm³/mol. The summed E-state index contributed by atoms with van der Waals surface area (Å²) in [5, 5.41) is 11.0. The van der Waals surface area contributed by atoms with Crippen molar-refractivity contribution < 1.29 is 14.6 Å². The van der Waals surface area contributed by atoms with Gasteiger partial charge in [-0.15, -0.1) is 11.3 Å². The third-order valence-corrected chi connectivity index (χ3v) is 3.43. The maximum Gasteiger partial charge on any atom is 0.339 e. The Hall–Kier alpha value is -2.47. The van der Waals surface area contributed by atoms with Gasteiger partial charge in [-0.3, -0.25) is 0 Å². The Bertz CT molecular complexity index is 754. The van der Waals surface area contributed by atoms with Crippen LogP contribution in [-0.4, -0.2) is 21.0 Å². The van der Waals surface area contributed by atoms with Gasteiger partial charge >= 0.3 is 5.97 Å². The lowest BCUT2D eigenvalue weighted by molar-refractivity contribution is 0.0694. The Morgan fingerprint density at radius 1 is 1.21 bits per heavy atom. The molecular formula is C13H8N2O3S. The van der Waals surface area contributed by atoms with E-state index in [9.17, 15) is 4.79 Å². The molecule has 0 amide bonds. The van der Waals surface area contributed by atoms with Gasteiger partial charge in [0, 0.05) is 0 Å². The van der Waals surface area contributed by atoms with E-state index in [0.717, 1.165) is 10.2 Å². The number of carbonyl (C=O) groups is 1. The molecule has 3 aromatic rings. The summed E-state index contributed by atoms with van der Waals surface area (Å²) in [6.07, 6.45) is 1.40. The summed E-state index contributed by atoms with van der Waals surface area (Å²) in [6.45, 7) is 0. The standard InChI is InChI=1S/C13H8N2O3S/c16-13(17)8-3-1-2-4-10(8)18-12-11-9(5-6-19-11)14-7-15-12/h1-7H,(H,16,17). The topological polar surface area (TPSA) is 72.3 Å². The van der Waals surface area contributed by atoms with Crippen LogP contribution < -0.4 is 4.74 Å². The van der Waals surface area contributed by atoms with Gasteiger partial charge < -0.3 is 9.84 Å². The summed E-state index contributed by atoms with van der Waals surface area (Å²) >= 11 is 1.45. The number of nitrogens with zero attached hydrogens (tertiary/aromatic N) is 2. The van der Waals surface area contributed by atoms with E-state index in [2.05, 4.69) is 9.97 Å². The number of fused-ring (bicyclic) bond motifs is 1. The number of para-hydroxylation sites is 1. The number of hydrogen-bond donors (Lipinski definition) is 1. The van der Waals surface area contributed by atoms with E-state index in [0.29, 0.717) is 5.88 Å². The molecule has 0 saturated heterocycles. The second kappa shape index (κ2) is 4.66. The molecule has 0 unspecified atom stereocenters. The number of rotatable bonds is 3. The van der Waals surface area contributed by atoms with Crippen molar-refractivity contribution in [3.63, 3.8) is 0 Å². The minimum absolute atomic E-state index is 0.103. The molecule has 0 fully saturated rings. The smallest absolute Gasteiger partial charge is 0.339 e. The average Bonchev–Trinajstić information content (AvgIpc) is 2.88. The highest BCUT2D eigenvalue weighted by Crippen LogP contribution is 2.31. The van der Waals surface area contributed by atoms with Crippen molar-refractivity contribution in [3.8, 4) is 11.6 Å². The van der Waals surface area contributed by atoms with Crippen LogP contribution in [-0.2, 0) is 0 Å². The molecule has 19 heavy (non-hydrogen) atoms. The molecule has 0 atom stereocenters. The largest absolute Gasteiger partial charge is 0.478 e. The second-order valence-electron chi connectivity index (χ2n) is 3.72. The Balaban J connectivity index is 2.06. The van der Waals surface area contributed by atoms with E-state index in [1.54, 1.807) is 18.2 Å². The van der Waals surface area contributed by atoms with Gasteiger partial charge in [0.1, 0.15) is 22.3 Å². The summed E-state index contributed by atoms with van der Waals surface area (Å²) in [5.41, 5.74) is 0.883. The van der Waals surface area contributed by atoms with E-state index in [4.69, 9.17) is 9.84 Å². The van der Waals surface area contributed by atoms with Gasteiger partial charge in [-0.05, 0) is 23.6 Å². The monoisotopic (exact) mass is 272 g/mol. The molecule has 0 aliphatic heterocycles. The quantitative estimate of drug-likeness (QED) is 0.792. The molecule has 6 heteroatoms. The predicted octanol–water partition coefficient (Wildman–Crippen LogP) is 3.18. The van der Waals surface area contributed by atoms with Crippen LogP contribution >= 0.6 is 11.3 Å². The minimum atomic E-state index is -1.04. The highest BCUT2D eigenvalue weighted by molar-refractivity contribution is 7.17. The fraction of sp³-hybridized carbons (Fsp3) is 0. The summed E-state index contributed by atoms with van der Waals surface area (Å²) in [7, 11) is 0. The SMILES string of the molecule is O=C(O)c1ccccc1Oc1ncnc2ccsc12. The van der Waals surface area contributed by atoms with Gasteiger partial charge in [0.15, 0.2) is 0 Å². The van der Waals surface area contributed by atoms with Crippen molar-refractivity contribution in [3.05, 3.63) is 47.6 Å². The van der Waals surface area contributed by atoms with Crippen LogP contribution in [0.5, 0.6) is 11.6 Å². The van der Waals surface area contributed by atoms with E-state index < -0.39 is 5.97 Å². The van der Waals surface area contributed by atoms with Crippen LogP contribution in [0.2, 0.25) is 0 Å². The maximum atomic E-state index is 11.1. The van der Waals surface area contributed by atoms with Crippen LogP contribution in [0.15, 0.2) is 42.0 Å². The fourth-order valence-electron chi connectivity index (χ4n) is 1.68. The minimum Gasteiger partial charge on any atom is -0.478 e. The molecule has 0 spiro atoms. The van der Waals surface area contributed by atoms with Crippen molar-refractivity contribution in [2.24, 2.45) is 0 Å². The second-order valence-corrected chi connectivity index (χ2v) is 4.63.